The van der Waals surface area contributed by atoms with Crippen LogP contribution < -0.4 is 10.6 Å². The van der Waals surface area contributed by atoms with Crippen LogP contribution in [0.15, 0.2) is 60.7 Å². The van der Waals surface area contributed by atoms with Crippen molar-refractivity contribution in [3.8, 4) is 0 Å². The van der Waals surface area contributed by atoms with Gasteiger partial charge in [-0.3, -0.25) is 19.2 Å². The van der Waals surface area contributed by atoms with E-state index in [-0.39, 0.29) is 6.54 Å². The van der Waals surface area contributed by atoms with Crippen molar-refractivity contribution < 1.29 is 29.1 Å². The molecule has 3 amide bonds. The minimum Gasteiger partial charge on any atom is -0.481 e. The minimum absolute atomic E-state index is 0.0750. The normalized spacial score (nSPS) is 12.7. The molecule has 3 N–H and O–H groups in total. The van der Waals surface area contributed by atoms with Gasteiger partial charge in [-0.15, -0.1) is 0 Å². The lowest BCUT2D eigenvalue weighted by Crippen LogP contribution is -2.56. The summed E-state index contributed by atoms with van der Waals surface area (Å²) < 4.78 is 0. The van der Waals surface area contributed by atoms with Crippen LogP contribution in [-0.4, -0.2) is 58.6 Å². The highest BCUT2D eigenvalue weighted by Crippen LogP contribution is 2.23. The SMILES string of the molecule is CC(C)(C)[C@H](NC(=O)c1ccccc1)C(=O)N(CC(=O)NC(C=O)CC(=O)O)Cc1ccccc1. The maximum absolute atomic E-state index is 13.7. The van der Waals surface area contributed by atoms with Gasteiger partial charge in [0.05, 0.1) is 19.0 Å². The second kappa shape index (κ2) is 12.5. The first-order chi connectivity index (χ1) is 16.5. The lowest BCUT2D eigenvalue weighted by molar-refractivity contribution is -0.142. The van der Waals surface area contributed by atoms with Crippen LogP contribution in [0.5, 0.6) is 0 Å². The number of carboxylic acids is 1. The second-order valence-electron chi connectivity index (χ2n) is 9.23. The molecular formula is C26H31N3O6. The van der Waals surface area contributed by atoms with Gasteiger partial charge in [0.15, 0.2) is 0 Å². The van der Waals surface area contributed by atoms with Gasteiger partial charge in [-0.25, -0.2) is 0 Å². The van der Waals surface area contributed by atoms with E-state index in [2.05, 4.69) is 10.6 Å². The van der Waals surface area contributed by atoms with Gasteiger partial charge in [0.25, 0.3) is 5.91 Å². The molecule has 186 valence electrons. The number of aliphatic carboxylic acids is 1. The quantitative estimate of drug-likeness (QED) is 0.421. The highest BCUT2D eigenvalue weighted by atomic mass is 16.4. The van der Waals surface area contributed by atoms with Crippen molar-refractivity contribution in [2.75, 3.05) is 6.54 Å². The lowest BCUT2D eigenvalue weighted by Gasteiger charge is -2.35. The largest absolute Gasteiger partial charge is 0.481 e. The third-order valence-corrected chi connectivity index (χ3v) is 5.19. The summed E-state index contributed by atoms with van der Waals surface area (Å²) in [6.45, 7) is 5.06. The molecule has 2 aromatic carbocycles. The summed E-state index contributed by atoms with van der Waals surface area (Å²) in [7, 11) is 0. The van der Waals surface area contributed by atoms with Crippen LogP contribution in [0.1, 0.15) is 43.1 Å². The van der Waals surface area contributed by atoms with Gasteiger partial charge in [-0.2, -0.15) is 0 Å². The van der Waals surface area contributed by atoms with Crippen LogP contribution in [0.4, 0.5) is 0 Å². The molecule has 9 nitrogen and oxygen atoms in total. The average Bonchev–Trinajstić information content (AvgIpc) is 2.81. The summed E-state index contributed by atoms with van der Waals surface area (Å²) in [5.41, 5.74) is 0.458. The molecule has 2 rings (SSSR count). The molecule has 2 atom stereocenters. The van der Waals surface area contributed by atoms with Crippen LogP contribution in [0.3, 0.4) is 0 Å². The van der Waals surface area contributed by atoms with Crippen LogP contribution in [0.25, 0.3) is 0 Å². The zero-order valence-corrected chi connectivity index (χ0v) is 20.1. The van der Waals surface area contributed by atoms with E-state index < -0.39 is 54.2 Å². The van der Waals surface area contributed by atoms with Crippen LogP contribution in [0.2, 0.25) is 0 Å². The molecule has 0 aliphatic carbocycles. The molecule has 0 aromatic heterocycles. The third kappa shape index (κ3) is 8.69. The molecule has 0 heterocycles. The summed E-state index contributed by atoms with van der Waals surface area (Å²) >= 11 is 0. The van der Waals surface area contributed by atoms with Crippen molar-refractivity contribution in [2.45, 2.75) is 45.8 Å². The Labute approximate surface area is 204 Å². The van der Waals surface area contributed by atoms with Crippen LogP contribution in [-0.2, 0) is 25.7 Å². The summed E-state index contributed by atoms with van der Waals surface area (Å²) in [6, 6.07) is 15.3. The molecule has 35 heavy (non-hydrogen) atoms. The molecule has 0 fully saturated rings. The summed E-state index contributed by atoms with van der Waals surface area (Å²) in [5.74, 6) is -2.84. The van der Waals surface area contributed by atoms with E-state index in [0.29, 0.717) is 11.8 Å². The molecule has 1 unspecified atom stereocenters. The van der Waals surface area contributed by atoms with Gasteiger partial charge in [0, 0.05) is 12.1 Å². The molecule has 2 aromatic rings. The number of hydrogen-bond acceptors (Lipinski definition) is 5. The minimum atomic E-state index is -1.24. The first-order valence-corrected chi connectivity index (χ1v) is 11.2. The number of nitrogens with one attached hydrogen (secondary N) is 2. The Hall–Kier alpha value is -4.01. The van der Waals surface area contributed by atoms with Crippen molar-refractivity contribution in [1.29, 1.82) is 0 Å². The van der Waals surface area contributed by atoms with E-state index >= 15 is 0 Å². The summed E-state index contributed by atoms with van der Waals surface area (Å²) in [6.07, 6.45) is -0.229. The number of amides is 3. The van der Waals surface area contributed by atoms with Crippen molar-refractivity contribution >= 4 is 30.0 Å². The van der Waals surface area contributed by atoms with Gasteiger partial charge in [-0.1, -0.05) is 69.3 Å². The fraction of sp³-hybridized carbons (Fsp3) is 0.346. The van der Waals surface area contributed by atoms with Crippen molar-refractivity contribution in [2.24, 2.45) is 5.41 Å². The van der Waals surface area contributed by atoms with E-state index in [0.717, 1.165) is 5.56 Å². The number of hydrogen-bond donors (Lipinski definition) is 3. The number of benzene rings is 2. The van der Waals surface area contributed by atoms with Gasteiger partial charge >= 0.3 is 5.97 Å². The topological polar surface area (TPSA) is 133 Å². The molecule has 0 bridgehead atoms. The van der Waals surface area contributed by atoms with Gasteiger partial charge in [0.1, 0.15) is 12.3 Å². The zero-order valence-electron chi connectivity index (χ0n) is 20.1. The molecule has 9 heteroatoms. The predicted molar refractivity (Wildman–Crippen MR) is 129 cm³/mol. The lowest BCUT2D eigenvalue weighted by atomic mass is 9.85. The van der Waals surface area contributed by atoms with E-state index in [1.165, 1.54) is 4.90 Å². The number of carbonyl (C=O) groups is 5. The zero-order chi connectivity index (χ0) is 26.0. The van der Waals surface area contributed by atoms with Crippen molar-refractivity contribution in [3.05, 3.63) is 71.8 Å². The van der Waals surface area contributed by atoms with E-state index in [1.54, 1.807) is 75.4 Å². The van der Waals surface area contributed by atoms with Gasteiger partial charge in [-0.05, 0) is 23.1 Å². The number of carbonyl (C=O) groups excluding carboxylic acids is 4. The Morgan fingerprint density at radius 3 is 2.03 bits per heavy atom. The van der Waals surface area contributed by atoms with E-state index in [1.807, 2.05) is 6.07 Å². The maximum Gasteiger partial charge on any atom is 0.305 e. The van der Waals surface area contributed by atoms with Crippen LogP contribution >= 0.6 is 0 Å². The monoisotopic (exact) mass is 481 g/mol. The smallest absolute Gasteiger partial charge is 0.305 e. The highest BCUT2D eigenvalue weighted by Gasteiger charge is 2.36. The molecule has 0 aliphatic rings. The first kappa shape index (κ1) is 27.2. The second-order valence-corrected chi connectivity index (χ2v) is 9.23. The molecule has 0 radical (unpaired) electrons. The Morgan fingerprint density at radius 2 is 1.51 bits per heavy atom. The predicted octanol–water partition coefficient (Wildman–Crippen LogP) is 2.02. The third-order valence-electron chi connectivity index (χ3n) is 5.19. The standard InChI is InChI=1S/C26H31N3O6/c1-26(2,3)23(28-24(34)19-12-8-5-9-13-19)25(35)29(15-18-10-6-4-7-11-18)16-21(31)27-20(17-30)14-22(32)33/h4-13,17,20,23H,14-16H2,1-3H3,(H,27,31)(H,28,34)(H,32,33)/t20?,23-/m1/s1. The summed E-state index contributed by atoms with van der Waals surface area (Å²) in [5, 5.41) is 14.1. The Kier molecular flexibility index (Phi) is 9.69. The van der Waals surface area contributed by atoms with Crippen molar-refractivity contribution in [1.82, 2.24) is 15.5 Å². The Balaban J connectivity index is 2.29. The average molecular weight is 482 g/mol. The molecule has 0 spiro atoms. The summed E-state index contributed by atoms with van der Waals surface area (Å²) in [4.78, 5) is 62.6. The van der Waals surface area contributed by atoms with Gasteiger partial charge < -0.3 is 25.4 Å². The number of carboxylic acid groups (broad SMARTS) is 1. The molecule has 0 aliphatic heterocycles. The van der Waals surface area contributed by atoms with Crippen LogP contribution in [0, 0.1) is 5.41 Å². The molecular weight excluding hydrogens is 450 g/mol. The molecule has 0 saturated carbocycles. The number of aldehydes is 1. The first-order valence-electron chi connectivity index (χ1n) is 11.2. The number of rotatable bonds is 11. The fourth-order valence-electron chi connectivity index (χ4n) is 3.40. The van der Waals surface area contributed by atoms with Crippen molar-refractivity contribution in [3.63, 3.8) is 0 Å². The van der Waals surface area contributed by atoms with E-state index in [4.69, 9.17) is 5.11 Å². The number of nitrogens with zero attached hydrogens (tertiary/aromatic N) is 1. The van der Waals surface area contributed by atoms with Gasteiger partial charge in [0.2, 0.25) is 11.8 Å². The van der Waals surface area contributed by atoms with E-state index in [9.17, 15) is 24.0 Å². The Morgan fingerprint density at radius 1 is 0.943 bits per heavy atom. The molecule has 0 saturated heterocycles. The Bertz CT molecular complexity index is 1030. The highest BCUT2D eigenvalue weighted by molar-refractivity contribution is 5.98. The fourth-order valence-corrected chi connectivity index (χ4v) is 3.40. The maximum atomic E-state index is 13.7.